The molecule has 102 valence electrons. The summed E-state index contributed by atoms with van der Waals surface area (Å²) in [6.07, 6.45) is 3.84. The molecule has 1 aliphatic rings. The second-order valence-corrected chi connectivity index (χ2v) is 4.41. The molecule has 0 radical (unpaired) electrons. The van der Waals surface area contributed by atoms with Gasteiger partial charge in [-0.1, -0.05) is 6.07 Å². The summed E-state index contributed by atoms with van der Waals surface area (Å²) in [7, 11) is 0. The van der Waals surface area contributed by atoms with Crippen molar-refractivity contribution in [3.63, 3.8) is 0 Å². The van der Waals surface area contributed by atoms with E-state index in [1.807, 2.05) is 12.1 Å². The third kappa shape index (κ3) is 2.11. The van der Waals surface area contributed by atoms with Gasteiger partial charge in [0.15, 0.2) is 0 Å². The van der Waals surface area contributed by atoms with Crippen molar-refractivity contribution in [3.8, 4) is 0 Å². The summed E-state index contributed by atoms with van der Waals surface area (Å²) in [5.41, 5.74) is 1.03. The van der Waals surface area contributed by atoms with E-state index < -0.39 is 4.92 Å². The number of rotatable bonds is 3. The van der Waals surface area contributed by atoms with E-state index in [1.54, 1.807) is 11.1 Å². The largest absolute Gasteiger partial charge is 0.389 e. The van der Waals surface area contributed by atoms with Gasteiger partial charge >= 0.3 is 5.82 Å². The summed E-state index contributed by atoms with van der Waals surface area (Å²) in [5.74, 6) is 0.220. The summed E-state index contributed by atoms with van der Waals surface area (Å²) in [6, 6.07) is 5.04. The van der Waals surface area contributed by atoms with Crippen molar-refractivity contribution in [2.45, 2.75) is 13.0 Å². The molecule has 3 heterocycles. The summed E-state index contributed by atoms with van der Waals surface area (Å²) >= 11 is 0. The van der Waals surface area contributed by atoms with Crippen molar-refractivity contribution in [1.82, 2.24) is 14.8 Å². The Hall–Kier alpha value is -2.77. The smallest absolute Gasteiger partial charge is 0.358 e. The van der Waals surface area contributed by atoms with E-state index in [2.05, 4.69) is 10.1 Å². The van der Waals surface area contributed by atoms with Gasteiger partial charge in [0.2, 0.25) is 0 Å². The molecule has 1 aliphatic heterocycles. The fourth-order valence-corrected chi connectivity index (χ4v) is 2.21. The van der Waals surface area contributed by atoms with Crippen LogP contribution in [-0.2, 0) is 17.8 Å². The van der Waals surface area contributed by atoms with Crippen LogP contribution in [0.5, 0.6) is 0 Å². The van der Waals surface area contributed by atoms with Crippen LogP contribution in [0.15, 0.2) is 30.6 Å². The SMILES string of the molecule is O=C(Cn1ccc([N+](=O)[O-])n1)N1CCc2cccnc21. The predicted molar refractivity (Wildman–Crippen MR) is 69.2 cm³/mol. The van der Waals surface area contributed by atoms with Crippen molar-refractivity contribution < 1.29 is 9.72 Å². The Bertz CT molecular complexity index is 681. The number of hydrogen-bond acceptors (Lipinski definition) is 5. The Kier molecular flexibility index (Phi) is 2.90. The van der Waals surface area contributed by atoms with Gasteiger partial charge in [0, 0.05) is 12.7 Å². The zero-order valence-electron chi connectivity index (χ0n) is 10.5. The molecule has 8 heteroatoms. The average Bonchev–Trinajstić information content (AvgIpc) is 3.04. The summed E-state index contributed by atoms with van der Waals surface area (Å²) in [5, 5.41) is 14.3. The maximum Gasteiger partial charge on any atom is 0.389 e. The number of pyridine rings is 1. The van der Waals surface area contributed by atoms with E-state index in [-0.39, 0.29) is 18.3 Å². The van der Waals surface area contributed by atoms with Crippen LogP contribution in [0.25, 0.3) is 0 Å². The summed E-state index contributed by atoms with van der Waals surface area (Å²) in [6.45, 7) is 0.540. The molecule has 3 rings (SSSR count). The van der Waals surface area contributed by atoms with Gasteiger partial charge in [-0.3, -0.25) is 9.69 Å². The zero-order chi connectivity index (χ0) is 14.1. The number of aromatic nitrogens is 3. The lowest BCUT2D eigenvalue weighted by Gasteiger charge is -2.14. The average molecular weight is 273 g/mol. The van der Waals surface area contributed by atoms with Crippen LogP contribution in [0.1, 0.15) is 5.56 Å². The Labute approximate surface area is 113 Å². The minimum Gasteiger partial charge on any atom is -0.358 e. The number of amides is 1. The van der Waals surface area contributed by atoms with E-state index in [4.69, 9.17) is 0 Å². The first kappa shape index (κ1) is 12.3. The number of anilines is 1. The van der Waals surface area contributed by atoms with Crippen LogP contribution in [-0.4, -0.2) is 32.1 Å². The normalized spacial score (nSPS) is 13.3. The standard InChI is InChI=1S/C12H11N5O3/c18-11(8-15-6-4-10(14-15)17(19)20)16-7-3-9-2-1-5-13-12(9)16/h1-2,4-6H,3,7-8H2. The Morgan fingerprint density at radius 2 is 2.30 bits per heavy atom. The van der Waals surface area contributed by atoms with Crippen LogP contribution in [0, 0.1) is 10.1 Å². The topological polar surface area (TPSA) is 94.2 Å². The van der Waals surface area contributed by atoms with E-state index in [9.17, 15) is 14.9 Å². The quantitative estimate of drug-likeness (QED) is 0.608. The fraction of sp³-hybridized carbons (Fsp3) is 0.250. The van der Waals surface area contributed by atoms with Gasteiger partial charge in [-0.05, 0) is 23.0 Å². The van der Waals surface area contributed by atoms with E-state index >= 15 is 0 Å². The molecule has 0 saturated heterocycles. The number of nitrogens with zero attached hydrogens (tertiary/aromatic N) is 5. The minimum atomic E-state index is -0.590. The summed E-state index contributed by atoms with van der Waals surface area (Å²) in [4.78, 5) is 28.0. The molecule has 0 fully saturated rings. The first-order valence-corrected chi connectivity index (χ1v) is 6.07. The Morgan fingerprint density at radius 3 is 3.05 bits per heavy atom. The van der Waals surface area contributed by atoms with Gasteiger partial charge in [-0.2, -0.15) is 4.68 Å². The molecule has 0 bridgehead atoms. The maximum absolute atomic E-state index is 12.2. The molecular weight excluding hydrogens is 262 g/mol. The molecule has 0 aromatic carbocycles. The maximum atomic E-state index is 12.2. The molecule has 0 aliphatic carbocycles. The molecule has 2 aromatic rings. The van der Waals surface area contributed by atoms with Crippen LogP contribution in [0.2, 0.25) is 0 Å². The third-order valence-corrected chi connectivity index (χ3v) is 3.14. The van der Waals surface area contributed by atoms with Crippen molar-refractivity contribution in [1.29, 1.82) is 0 Å². The second kappa shape index (κ2) is 4.72. The molecule has 0 spiro atoms. The van der Waals surface area contributed by atoms with Gasteiger partial charge in [-0.25, -0.2) is 4.98 Å². The number of hydrogen-bond donors (Lipinski definition) is 0. The molecule has 1 amide bonds. The third-order valence-electron chi connectivity index (χ3n) is 3.14. The first-order valence-electron chi connectivity index (χ1n) is 6.07. The van der Waals surface area contributed by atoms with Crippen LogP contribution in [0.4, 0.5) is 11.6 Å². The number of nitro groups is 1. The number of carbonyl (C=O) groups excluding carboxylic acids is 1. The van der Waals surface area contributed by atoms with Gasteiger partial charge in [0.25, 0.3) is 5.91 Å². The highest BCUT2D eigenvalue weighted by atomic mass is 16.6. The highest BCUT2D eigenvalue weighted by Crippen LogP contribution is 2.24. The Balaban J connectivity index is 1.75. The highest BCUT2D eigenvalue weighted by Gasteiger charge is 2.26. The minimum absolute atomic E-state index is 0.0378. The predicted octanol–water partition coefficient (Wildman–Crippen LogP) is 0.776. The van der Waals surface area contributed by atoms with E-state index in [0.29, 0.717) is 12.4 Å². The van der Waals surface area contributed by atoms with Crippen LogP contribution in [0.3, 0.4) is 0 Å². The van der Waals surface area contributed by atoms with Gasteiger partial charge in [-0.15, -0.1) is 0 Å². The lowest BCUT2D eigenvalue weighted by Crippen LogP contribution is -2.32. The lowest BCUT2D eigenvalue weighted by atomic mass is 10.2. The van der Waals surface area contributed by atoms with Gasteiger partial charge < -0.3 is 10.1 Å². The van der Waals surface area contributed by atoms with Gasteiger partial charge in [0.1, 0.15) is 12.4 Å². The lowest BCUT2D eigenvalue weighted by molar-refractivity contribution is -0.389. The van der Waals surface area contributed by atoms with E-state index in [1.165, 1.54) is 16.9 Å². The molecular formula is C12H11N5O3. The van der Waals surface area contributed by atoms with Crippen molar-refractivity contribution in [2.75, 3.05) is 11.4 Å². The monoisotopic (exact) mass is 273 g/mol. The zero-order valence-corrected chi connectivity index (χ0v) is 10.5. The van der Waals surface area contributed by atoms with Gasteiger partial charge in [0.05, 0.1) is 17.4 Å². The van der Waals surface area contributed by atoms with E-state index in [0.717, 1.165) is 12.0 Å². The molecule has 0 N–H and O–H groups in total. The molecule has 0 saturated carbocycles. The van der Waals surface area contributed by atoms with Crippen LogP contribution < -0.4 is 4.90 Å². The fourth-order valence-electron chi connectivity index (χ4n) is 2.21. The highest BCUT2D eigenvalue weighted by molar-refractivity contribution is 5.94. The molecule has 2 aromatic heterocycles. The molecule has 0 unspecified atom stereocenters. The Morgan fingerprint density at radius 1 is 1.45 bits per heavy atom. The number of fused-ring (bicyclic) bond motifs is 1. The molecule has 0 atom stereocenters. The van der Waals surface area contributed by atoms with Crippen LogP contribution >= 0.6 is 0 Å². The molecule has 20 heavy (non-hydrogen) atoms. The first-order chi connectivity index (χ1) is 9.65. The van der Waals surface area contributed by atoms with Crippen molar-refractivity contribution in [3.05, 3.63) is 46.3 Å². The second-order valence-electron chi connectivity index (χ2n) is 4.41. The number of carbonyl (C=O) groups is 1. The van der Waals surface area contributed by atoms with Crippen molar-refractivity contribution in [2.24, 2.45) is 0 Å². The summed E-state index contributed by atoms with van der Waals surface area (Å²) < 4.78 is 1.27. The molecule has 8 nitrogen and oxygen atoms in total. The van der Waals surface area contributed by atoms with Crippen molar-refractivity contribution >= 4 is 17.5 Å².